The van der Waals surface area contributed by atoms with Gasteiger partial charge < -0.3 is 4.57 Å². The van der Waals surface area contributed by atoms with Gasteiger partial charge in [0.05, 0.1) is 10.9 Å². The minimum absolute atomic E-state index is 0.0631. The smallest absolute Gasteiger partial charge is 0.310 e. The van der Waals surface area contributed by atoms with Crippen LogP contribution in [0, 0.1) is 0 Å². The van der Waals surface area contributed by atoms with Crippen LogP contribution in [0.25, 0.3) is 11.4 Å². The summed E-state index contributed by atoms with van der Waals surface area (Å²) < 4.78 is 40.9. The number of aromatic nitrogens is 3. The first kappa shape index (κ1) is 15.0. The van der Waals surface area contributed by atoms with Crippen molar-refractivity contribution in [2.24, 2.45) is 0 Å². The maximum atomic E-state index is 13.1. The van der Waals surface area contributed by atoms with Gasteiger partial charge in [0.2, 0.25) is 0 Å². The fraction of sp³-hybridized carbons (Fsp3) is 0.385. The van der Waals surface area contributed by atoms with Gasteiger partial charge in [0.1, 0.15) is 5.82 Å². The molecule has 0 aliphatic heterocycles. The monoisotopic (exact) mass is 347 g/mol. The predicted molar refractivity (Wildman–Crippen MR) is 73.4 cm³/mol. The normalized spacial score (nSPS) is 11.8. The van der Waals surface area contributed by atoms with Gasteiger partial charge in [-0.1, -0.05) is 41.1 Å². The average molecular weight is 348 g/mol. The van der Waals surface area contributed by atoms with E-state index >= 15 is 0 Å². The second-order valence-electron chi connectivity index (χ2n) is 4.27. The third-order valence-corrected chi connectivity index (χ3v) is 3.37. The third-order valence-electron chi connectivity index (χ3n) is 2.87. The summed E-state index contributed by atoms with van der Waals surface area (Å²) in [6.45, 7) is 2.53. The molecule has 0 radical (unpaired) electrons. The summed E-state index contributed by atoms with van der Waals surface area (Å²) in [5, 5.41) is 8.34. The van der Waals surface area contributed by atoms with Crippen molar-refractivity contribution in [3.05, 3.63) is 35.7 Å². The zero-order valence-corrected chi connectivity index (χ0v) is 12.4. The Morgan fingerprint density at radius 3 is 2.50 bits per heavy atom. The summed E-state index contributed by atoms with van der Waals surface area (Å²) in [4.78, 5) is 0. The van der Waals surface area contributed by atoms with Crippen LogP contribution in [-0.2, 0) is 18.1 Å². The lowest BCUT2D eigenvalue weighted by molar-refractivity contribution is -0.137. The number of halogens is 4. The van der Waals surface area contributed by atoms with Crippen molar-refractivity contribution in [3.63, 3.8) is 0 Å². The van der Waals surface area contributed by atoms with Gasteiger partial charge in [-0.3, -0.25) is 0 Å². The zero-order chi connectivity index (χ0) is 14.8. The highest BCUT2D eigenvalue weighted by Crippen LogP contribution is 2.36. The molecular weight excluding hydrogens is 335 g/mol. The molecule has 7 heteroatoms. The van der Waals surface area contributed by atoms with Gasteiger partial charge in [0.15, 0.2) is 5.82 Å². The van der Waals surface area contributed by atoms with Gasteiger partial charge in [-0.15, -0.1) is 10.2 Å². The summed E-state index contributed by atoms with van der Waals surface area (Å²) in [7, 11) is 0. The summed E-state index contributed by atoms with van der Waals surface area (Å²) in [6, 6.07) is 5.44. The Morgan fingerprint density at radius 2 is 1.90 bits per heavy atom. The SMILES string of the molecule is CCCn1c(CBr)nnc1-c1ccccc1C(F)(F)F. The highest BCUT2D eigenvalue weighted by Gasteiger charge is 2.34. The van der Waals surface area contributed by atoms with Gasteiger partial charge >= 0.3 is 6.18 Å². The van der Waals surface area contributed by atoms with Crippen LogP contribution in [0.4, 0.5) is 13.2 Å². The number of alkyl halides is 4. The Hall–Kier alpha value is -1.37. The molecule has 0 aliphatic rings. The molecule has 1 aromatic carbocycles. The lowest BCUT2D eigenvalue weighted by Gasteiger charge is -2.13. The summed E-state index contributed by atoms with van der Waals surface area (Å²) in [6.07, 6.45) is -3.62. The van der Waals surface area contributed by atoms with Crippen LogP contribution >= 0.6 is 15.9 Å². The van der Waals surface area contributed by atoms with Crippen LogP contribution < -0.4 is 0 Å². The number of rotatable bonds is 4. The molecule has 2 aromatic rings. The maximum absolute atomic E-state index is 13.1. The third kappa shape index (κ3) is 2.87. The number of benzene rings is 1. The van der Waals surface area contributed by atoms with Crippen LogP contribution in [0.3, 0.4) is 0 Å². The number of nitrogens with zero attached hydrogens (tertiary/aromatic N) is 3. The molecule has 20 heavy (non-hydrogen) atoms. The Labute approximate surface area is 123 Å². The molecule has 1 aromatic heterocycles. The van der Waals surface area contributed by atoms with Crippen LogP contribution in [0.2, 0.25) is 0 Å². The molecule has 0 aliphatic carbocycles. The van der Waals surface area contributed by atoms with Gasteiger partial charge in [-0.25, -0.2) is 0 Å². The molecule has 0 atom stereocenters. The van der Waals surface area contributed by atoms with Crippen molar-refractivity contribution in [3.8, 4) is 11.4 Å². The second-order valence-corrected chi connectivity index (χ2v) is 4.83. The molecular formula is C13H13BrF3N3. The Bertz CT molecular complexity index is 593. The van der Waals surface area contributed by atoms with E-state index in [1.54, 1.807) is 10.6 Å². The predicted octanol–water partition coefficient (Wildman–Crippen LogP) is 4.27. The molecule has 0 spiro atoms. The fourth-order valence-corrected chi connectivity index (χ4v) is 2.43. The van der Waals surface area contributed by atoms with E-state index in [-0.39, 0.29) is 11.4 Å². The van der Waals surface area contributed by atoms with Crippen LogP contribution in [0.15, 0.2) is 24.3 Å². The molecule has 0 saturated carbocycles. The summed E-state index contributed by atoms with van der Waals surface area (Å²) >= 11 is 3.28. The molecule has 1 heterocycles. The van der Waals surface area contributed by atoms with Crippen molar-refractivity contribution in [1.29, 1.82) is 0 Å². The minimum atomic E-state index is -4.41. The van der Waals surface area contributed by atoms with E-state index < -0.39 is 11.7 Å². The molecule has 0 unspecified atom stereocenters. The molecule has 0 bridgehead atoms. The molecule has 2 rings (SSSR count). The Balaban J connectivity index is 2.60. The van der Waals surface area contributed by atoms with Crippen LogP contribution in [0.5, 0.6) is 0 Å². The zero-order valence-electron chi connectivity index (χ0n) is 10.8. The van der Waals surface area contributed by atoms with Gasteiger partial charge in [0.25, 0.3) is 0 Å². The van der Waals surface area contributed by atoms with Crippen molar-refractivity contribution < 1.29 is 13.2 Å². The molecule has 0 fully saturated rings. The first-order valence-electron chi connectivity index (χ1n) is 6.13. The molecule has 108 valence electrons. The van der Waals surface area contributed by atoms with E-state index in [1.807, 2.05) is 6.92 Å². The summed E-state index contributed by atoms with van der Waals surface area (Å²) in [5.74, 6) is 0.882. The van der Waals surface area contributed by atoms with Crippen LogP contribution in [-0.4, -0.2) is 14.8 Å². The standard InChI is InChI=1S/C13H13BrF3N3/c1-2-7-20-11(8-14)18-19-12(20)9-5-3-4-6-10(9)13(15,16)17/h3-6H,2,7-8H2,1H3. The first-order valence-corrected chi connectivity index (χ1v) is 7.25. The largest absolute Gasteiger partial charge is 0.417 e. The topological polar surface area (TPSA) is 30.7 Å². The fourth-order valence-electron chi connectivity index (χ4n) is 2.02. The lowest BCUT2D eigenvalue weighted by atomic mass is 10.1. The molecule has 0 amide bonds. The van der Waals surface area contributed by atoms with Gasteiger partial charge in [-0.05, 0) is 12.5 Å². The van der Waals surface area contributed by atoms with Crippen LogP contribution in [0.1, 0.15) is 24.7 Å². The van der Waals surface area contributed by atoms with E-state index in [9.17, 15) is 13.2 Å². The average Bonchev–Trinajstić information content (AvgIpc) is 2.81. The van der Waals surface area contributed by atoms with E-state index in [0.29, 0.717) is 17.7 Å². The quantitative estimate of drug-likeness (QED) is 0.773. The van der Waals surface area contributed by atoms with E-state index in [0.717, 1.165) is 12.5 Å². The van der Waals surface area contributed by atoms with Crippen molar-refractivity contribution in [2.45, 2.75) is 31.4 Å². The highest BCUT2D eigenvalue weighted by atomic mass is 79.9. The van der Waals surface area contributed by atoms with E-state index in [1.165, 1.54) is 12.1 Å². The lowest BCUT2D eigenvalue weighted by Crippen LogP contribution is -2.10. The molecule has 0 N–H and O–H groups in total. The van der Waals surface area contributed by atoms with Gasteiger partial charge in [0, 0.05) is 12.1 Å². The number of hydrogen-bond donors (Lipinski definition) is 0. The van der Waals surface area contributed by atoms with Crippen molar-refractivity contribution in [2.75, 3.05) is 0 Å². The first-order chi connectivity index (χ1) is 9.49. The minimum Gasteiger partial charge on any atom is -0.310 e. The highest BCUT2D eigenvalue weighted by molar-refractivity contribution is 9.08. The van der Waals surface area contributed by atoms with E-state index in [4.69, 9.17) is 0 Å². The second kappa shape index (κ2) is 5.95. The molecule has 3 nitrogen and oxygen atoms in total. The van der Waals surface area contributed by atoms with Gasteiger partial charge in [-0.2, -0.15) is 13.2 Å². The maximum Gasteiger partial charge on any atom is 0.417 e. The van der Waals surface area contributed by atoms with Crippen molar-refractivity contribution >= 4 is 15.9 Å². The Kier molecular flexibility index (Phi) is 4.47. The Morgan fingerprint density at radius 1 is 1.20 bits per heavy atom. The summed E-state index contributed by atoms with van der Waals surface area (Å²) in [5.41, 5.74) is -0.626. The van der Waals surface area contributed by atoms with E-state index in [2.05, 4.69) is 26.1 Å². The van der Waals surface area contributed by atoms with Crippen molar-refractivity contribution in [1.82, 2.24) is 14.8 Å². The molecule has 0 saturated heterocycles. The number of hydrogen-bond acceptors (Lipinski definition) is 2.